The van der Waals surface area contributed by atoms with E-state index in [4.69, 9.17) is 0 Å². The van der Waals surface area contributed by atoms with Crippen LogP contribution in [0, 0.1) is 5.92 Å². The molecule has 1 atom stereocenters. The van der Waals surface area contributed by atoms with E-state index < -0.39 is 8.07 Å². The van der Waals surface area contributed by atoms with Gasteiger partial charge >= 0.3 is 26.2 Å². The molecule has 199 valence electrons. The van der Waals surface area contributed by atoms with E-state index in [1.165, 1.54) is 45.9 Å². The summed E-state index contributed by atoms with van der Waals surface area (Å²) in [5, 5.41) is 6.39. The van der Waals surface area contributed by atoms with E-state index >= 15 is 0 Å². The molecule has 0 nitrogen and oxygen atoms in total. The van der Waals surface area contributed by atoms with Crippen LogP contribution in [-0.2, 0) is 38.0 Å². The summed E-state index contributed by atoms with van der Waals surface area (Å²) in [5.74, 6) is 0.793. The van der Waals surface area contributed by atoms with E-state index in [0.717, 1.165) is 12.3 Å². The normalized spacial score (nSPS) is 18.1. The van der Waals surface area contributed by atoms with Crippen molar-refractivity contribution >= 4 is 30.6 Å². The van der Waals surface area contributed by atoms with Crippen LogP contribution >= 0.6 is 11.8 Å². The SMILES string of the molecule is CCC1=C2C3C(=CC=C3[Si]2(C)C)S1.CCCc1cc2c(-c3ccc(C(C)(C)C)cc3)cccc2[cH-]1.[Cl-].[Cl-].[Zr+3]. The predicted octanol–water partition coefficient (Wildman–Crippen LogP) is 4.12. The Morgan fingerprint density at radius 1 is 0.947 bits per heavy atom. The van der Waals surface area contributed by atoms with Gasteiger partial charge in [0.25, 0.3) is 0 Å². The minimum absolute atomic E-state index is 0. The molecule has 0 N–H and O–H groups in total. The molecule has 0 aromatic heterocycles. The van der Waals surface area contributed by atoms with Crippen LogP contribution in [-0.4, -0.2) is 8.07 Å². The molecule has 0 amide bonds. The fourth-order valence-corrected chi connectivity index (χ4v) is 11.8. The Labute approximate surface area is 267 Å². The second-order valence-electron chi connectivity index (χ2n) is 11.8. The predicted molar refractivity (Wildman–Crippen MR) is 160 cm³/mol. The Bertz CT molecular complexity index is 1370. The Morgan fingerprint density at radius 2 is 1.63 bits per heavy atom. The molecule has 1 unspecified atom stereocenters. The van der Waals surface area contributed by atoms with Crippen LogP contribution < -0.4 is 24.8 Å². The maximum atomic E-state index is 2.50. The molecule has 2 heterocycles. The van der Waals surface area contributed by atoms with Gasteiger partial charge in [-0.25, -0.2) is 0 Å². The van der Waals surface area contributed by atoms with Gasteiger partial charge in [0, 0.05) is 5.92 Å². The minimum atomic E-state index is -1.08. The third-order valence-corrected chi connectivity index (χ3v) is 13.4. The average molecular weight is 658 g/mol. The molecule has 38 heavy (non-hydrogen) atoms. The Hall–Kier alpha value is -0.700. The van der Waals surface area contributed by atoms with Gasteiger partial charge in [0.05, 0.1) is 0 Å². The van der Waals surface area contributed by atoms with Gasteiger partial charge in [-0.2, -0.15) is 6.07 Å². The molecule has 1 aliphatic carbocycles. The van der Waals surface area contributed by atoms with Crippen molar-refractivity contribution in [2.24, 2.45) is 5.92 Å². The standard InChI is InChI=1S/C22H25.C11H14SSi.2ClH.Zr/c1-5-7-16-14-18-8-6-9-20(21(18)15-16)17-10-12-19(13-11-17)22(2,3)4;1-4-7-11-10-8(12-7)5-6-9(10)13(11,2)3;;;/h6,8-15H,5,7H2,1-4H3;5-6,10H,4H2,1-3H3;2*1H;/q-1;;;;+3/p-2. The van der Waals surface area contributed by atoms with Crippen molar-refractivity contribution < 1.29 is 51.0 Å². The maximum Gasteiger partial charge on any atom is 3.00 e. The first kappa shape index (κ1) is 33.5. The largest absolute Gasteiger partial charge is 3.00 e. The van der Waals surface area contributed by atoms with Gasteiger partial charge in [-0.05, 0) is 39.2 Å². The molecule has 1 saturated heterocycles. The molecule has 3 aromatic rings. The van der Waals surface area contributed by atoms with Crippen LogP contribution in [0.2, 0.25) is 13.1 Å². The summed E-state index contributed by atoms with van der Waals surface area (Å²) < 4.78 is 0. The summed E-state index contributed by atoms with van der Waals surface area (Å²) in [6, 6.07) is 20.4. The van der Waals surface area contributed by atoms with Gasteiger partial charge in [0.15, 0.2) is 0 Å². The van der Waals surface area contributed by atoms with Crippen LogP contribution in [0.1, 0.15) is 58.6 Å². The average Bonchev–Trinajstić information content (AvgIpc) is 3.49. The molecule has 3 aromatic carbocycles. The van der Waals surface area contributed by atoms with E-state index in [-0.39, 0.29) is 56.4 Å². The number of aryl methyl sites for hydroxylation is 1. The van der Waals surface area contributed by atoms with E-state index in [9.17, 15) is 0 Å². The molecule has 6 rings (SSSR count). The second-order valence-corrected chi connectivity index (χ2v) is 17.3. The van der Waals surface area contributed by atoms with Crippen LogP contribution in [0.4, 0.5) is 0 Å². The van der Waals surface area contributed by atoms with Crippen molar-refractivity contribution in [3.8, 4) is 11.1 Å². The maximum absolute atomic E-state index is 2.50. The molecule has 2 aliphatic heterocycles. The fraction of sp³-hybridized carbons (Fsp3) is 0.364. The quantitative estimate of drug-likeness (QED) is 0.301. The molecule has 5 heteroatoms. The molecule has 0 saturated carbocycles. The zero-order valence-corrected chi connectivity index (χ0v) is 29.5. The van der Waals surface area contributed by atoms with Gasteiger partial charge in [0.1, 0.15) is 8.07 Å². The summed E-state index contributed by atoms with van der Waals surface area (Å²) in [6.07, 6.45) is 8.37. The number of fused-ring (bicyclic) bond motifs is 1. The number of benzene rings is 2. The Morgan fingerprint density at radius 3 is 2.24 bits per heavy atom. The topological polar surface area (TPSA) is 0 Å². The number of hydrogen-bond acceptors (Lipinski definition) is 1. The van der Waals surface area contributed by atoms with E-state index in [1.807, 2.05) is 5.20 Å². The summed E-state index contributed by atoms with van der Waals surface area (Å²) in [6.45, 7) is 16.3. The van der Waals surface area contributed by atoms with Gasteiger partial charge in [-0.1, -0.05) is 124 Å². The molecule has 1 radical (unpaired) electrons. The van der Waals surface area contributed by atoms with Crippen LogP contribution in [0.25, 0.3) is 21.9 Å². The third-order valence-electron chi connectivity index (χ3n) is 7.98. The Kier molecular flexibility index (Phi) is 11.3. The van der Waals surface area contributed by atoms with E-state index in [0.29, 0.717) is 0 Å². The van der Waals surface area contributed by atoms with Crippen molar-refractivity contribution in [1.82, 2.24) is 0 Å². The molecular weight excluding hydrogens is 619 g/mol. The summed E-state index contributed by atoms with van der Waals surface area (Å²) >= 11 is 2.06. The van der Waals surface area contributed by atoms with Gasteiger partial charge in [-0.15, -0.1) is 34.5 Å². The van der Waals surface area contributed by atoms with Crippen LogP contribution in [0.5, 0.6) is 0 Å². The molecule has 1 fully saturated rings. The van der Waals surface area contributed by atoms with Crippen LogP contribution in [0.15, 0.2) is 87.0 Å². The first-order valence-corrected chi connectivity index (χ1v) is 17.1. The first-order chi connectivity index (χ1) is 16.6. The second kappa shape index (κ2) is 12.9. The zero-order valence-electron chi connectivity index (χ0n) is 23.7. The first-order valence-electron chi connectivity index (χ1n) is 13.3. The zero-order chi connectivity index (χ0) is 25.0. The van der Waals surface area contributed by atoms with Gasteiger partial charge in [-0.3, -0.25) is 0 Å². The summed E-state index contributed by atoms with van der Waals surface area (Å²) in [4.78, 5) is 3.32. The minimum Gasteiger partial charge on any atom is -1.00 e. The number of thioether (sulfide) groups is 1. The molecule has 0 bridgehead atoms. The number of hydrogen-bond donors (Lipinski definition) is 0. The van der Waals surface area contributed by atoms with Crippen molar-refractivity contribution in [3.63, 3.8) is 0 Å². The van der Waals surface area contributed by atoms with Crippen molar-refractivity contribution in [3.05, 3.63) is 98.1 Å². The van der Waals surface area contributed by atoms with Gasteiger partial charge in [0.2, 0.25) is 0 Å². The third kappa shape index (κ3) is 5.99. The Balaban J connectivity index is 0.000000273. The summed E-state index contributed by atoms with van der Waals surface area (Å²) in [7, 11) is -1.08. The van der Waals surface area contributed by atoms with Gasteiger partial charge < -0.3 is 24.8 Å². The molecule has 0 spiro atoms. The van der Waals surface area contributed by atoms with Crippen LogP contribution in [0.3, 0.4) is 0 Å². The number of rotatable bonds is 4. The molecular formula is C33H39Cl2SSiZr. The van der Waals surface area contributed by atoms with E-state index in [1.54, 1.807) is 15.0 Å². The van der Waals surface area contributed by atoms with Crippen molar-refractivity contribution in [2.45, 2.75) is 72.4 Å². The fourth-order valence-electron chi connectivity index (χ4n) is 6.02. The monoisotopic (exact) mass is 655 g/mol. The number of halogens is 2. The summed E-state index contributed by atoms with van der Waals surface area (Å²) in [5.41, 5.74) is 5.71. The molecule has 3 aliphatic rings. The number of allylic oxidation sites excluding steroid dienone is 6. The van der Waals surface area contributed by atoms with E-state index in [2.05, 4.69) is 126 Å². The smallest absolute Gasteiger partial charge is 1.00 e. The van der Waals surface area contributed by atoms with Crippen molar-refractivity contribution in [2.75, 3.05) is 0 Å². The van der Waals surface area contributed by atoms with Crippen molar-refractivity contribution in [1.29, 1.82) is 0 Å².